The molecule has 5 nitrogen and oxygen atoms in total. The third-order valence-corrected chi connectivity index (χ3v) is 6.39. The monoisotopic (exact) mass is 549 g/mol. The molecule has 1 aliphatic rings. The van der Waals surface area contributed by atoms with Crippen molar-refractivity contribution in [1.29, 1.82) is 0 Å². The Morgan fingerprint density at radius 3 is 2.23 bits per heavy atom. The molecule has 0 radical (unpaired) electrons. The van der Waals surface area contributed by atoms with E-state index in [1.165, 1.54) is 18.2 Å². The van der Waals surface area contributed by atoms with Gasteiger partial charge in [-0.3, -0.25) is 14.6 Å². The lowest BCUT2D eigenvalue weighted by molar-refractivity contribution is -0.137. The molecule has 39 heavy (non-hydrogen) atoms. The standard InChI is InChI=1S/C28H25F6N3O2/c1-27(2,31)26(39)36-13-17-10-22(24(25(29)30)35-12-17)23(38)11-16-3-4-18-14-37(15-19(18)9-16)21-7-5-20(6-8-21)28(32,33)34/h3-10,12,25H,11,13-15H2,1-2H3,(H,36,39). The van der Waals surface area contributed by atoms with E-state index in [9.17, 15) is 35.9 Å². The number of halogens is 6. The predicted molar refractivity (Wildman–Crippen MR) is 132 cm³/mol. The SMILES string of the molecule is CC(C)(F)C(=O)NCc1cnc(C(F)F)c(C(=O)Cc2ccc3c(c2)CN(c2ccc(C(F)(F)F)cc2)C3)c1. The van der Waals surface area contributed by atoms with E-state index in [4.69, 9.17) is 0 Å². The number of alkyl halides is 6. The summed E-state index contributed by atoms with van der Waals surface area (Å²) < 4.78 is 79.6. The number of ketones is 1. The Labute approximate surface area is 220 Å². The molecule has 0 aliphatic carbocycles. The number of benzene rings is 2. The molecule has 0 unspecified atom stereocenters. The number of fused-ring (bicyclic) bond motifs is 1. The molecule has 11 heteroatoms. The van der Waals surface area contributed by atoms with E-state index in [1.807, 2.05) is 4.90 Å². The zero-order valence-corrected chi connectivity index (χ0v) is 21.1. The quantitative estimate of drug-likeness (QED) is 0.263. The number of hydrogen-bond donors (Lipinski definition) is 1. The van der Waals surface area contributed by atoms with Gasteiger partial charge in [0.2, 0.25) is 0 Å². The lowest BCUT2D eigenvalue weighted by atomic mass is 9.98. The van der Waals surface area contributed by atoms with Gasteiger partial charge in [-0.05, 0) is 66.4 Å². The van der Waals surface area contributed by atoms with Crippen LogP contribution < -0.4 is 10.2 Å². The summed E-state index contributed by atoms with van der Waals surface area (Å²) in [7, 11) is 0. The number of anilines is 1. The Morgan fingerprint density at radius 1 is 0.949 bits per heavy atom. The van der Waals surface area contributed by atoms with E-state index in [1.54, 1.807) is 18.2 Å². The van der Waals surface area contributed by atoms with Gasteiger partial charge in [0.15, 0.2) is 11.5 Å². The molecule has 0 spiro atoms. The highest BCUT2D eigenvalue weighted by molar-refractivity contribution is 5.98. The van der Waals surface area contributed by atoms with Gasteiger partial charge < -0.3 is 10.2 Å². The van der Waals surface area contributed by atoms with Crippen LogP contribution in [0.15, 0.2) is 54.7 Å². The first-order valence-corrected chi connectivity index (χ1v) is 12.0. The molecule has 1 aliphatic heterocycles. The fraction of sp³-hybridized carbons (Fsp3) is 0.321. The molecule has 4 rings (SSSR count). The van der Waals surface area contributed by atoms with Gasteiger partial charge in [0.25, 0.3) is 12.3 Å². The summed E-state index contributed by atoms with van der Waals surface area (Å²) in [6.07, 6.45) is -6.52. The first-order valence-electron chi connectivity index (χ1n) is 12.0. The Bertz CT molecular complexity index is 1380. The van der Waals surface area contributed by atoms with Crippen LogP contribution in [0.25, 0.3) is 0 Å². The van der Waals surface area contributed by atoms with Crippen molar-refractivity contribution in [3.63, 3.8) is 0 Å². The van der Waals surface area contributed by atoms with Crippen LogP contribution in [0.3, 0.4) is 0 Å². The summed E-state index contributed by atoms with van der Waals surface area (Å²) >= 11 is 0. The van der Waals surface area contributed by atoms with Crippen LogP contribution >= 0.6 is 0 Å². The smallest absolute Gasteiger partial charge is 0.363 e. The number of carbonyl (C=O) groups excluding carboxylic acids is 2. The molecular formula is C28H25F6N3O2. The van der Waals surface area contributed by atoms with Gasteiger partial charge in [0, 0.05) is 43.5 Å². The van der Waals surface area contributed by atoms with Crippen molar-refractivity contribution in [3.8, 4) is 0 Å². The largest absolute Gasteiger partial charge is 0.416 e. The summed E-state index contributed by atoms with van der Waals surface area (Å²) in [6, 6.07) is 11.4. The first kappa shape index (κ1) is 28.1. The summed E-state index contributed by atoms with van der Waals surface area (Å²) in [5.74, 6) is -1.49. The number of nitrogens with one attached hydrogen (secondary N) is 1. The minimum absolute atomic E-state index is 0.192. The van der Waals surface area contributed by atoms with Crippen LogP contribution in [-0.4, -0.2) is 22.3 Å². The maximum atomic E-state index is 13.8. The molecule has 0 fully saturated rings. The normalized spacial score (nSPS) is 13.5. The van der Waals surface area contributed by atoms with E-state index in [2.05, 4.69) is 10.3 Å². The van der Waals surface area contributed by atoms with Gasteiger partial charge in [-0.25, -0.2) is 13.2 Å². The number of rotatable bonds is 8. The maximum absolute atomic E-state index is 13.8. The summed E-state index contributed by atoms with van der Waals surface area (Å²) in [4.78, 5) is 30.5. The van der Waals surface area contributed by atoms with Crippen molar-refractivity contribution in [1.82, 2.24) is 10.3 Å². The number of amides is 1. The van der Waals surface area contributed by atoms with Crippen molar-refractivity contribution < 1.29 is 35.9 Å². The third-order valence-electron chi connectivity index (χ3n) is 6.39. The predicted octanol–water partition coefficient (Wildman–Crippen LogP) is 6.35. The second-order valence-corrected chi connectivity index (χ2v) is 9.84. The van der Waals surface area contributed by atoms with Gasteiger partial charge in [0.05, 0.1) is 5.56 Å². The van der Waals surface area contributed by atoms with E-state index in [0.29, 0.717) is 24.3 Å². The number of hydrogen-bond acceptors (Lipinski definition) is 4. The molecule has 1 N–H and O–H groups in total. The summed E-state index contributed by atoms with van der Waals surface area (Å²) in [5.41, 5.74) is -0.577. The van der Waals surface area contributed by atoms with Crippen LogP contribution in [0.4, 0.5) is 32.0 Å². The molecule has 2 heterocycles. The lowest BCUT2D eigenvalue weighted by Crippen LogP contribution is -2.38. The highest BCUT2D eigenvalue weighted by Gasteiger charge is 2.31. The number of pyridine rings is 1. The molecular weight excluding hydrogens is 524 g/mol. The summed E-state index contributed by atoms with van der Waals surface area (Å²) in [6.45, 7) is 2.84. The Hall–Kier alpha value is -3.89. The second kappa shape index (κ2) is 10.7. The lowest BCUT2D eigenvalue weighted by Gasteiger charge is -2.18. The van der Waals surface area contributed by atoms with Crippen LogP contribution in [-0.2, 0) is 37.0 Å². The number of carbonyl (C=O) groups is 2. The van der Waals surface area contributed by atoms with Crippen molar-refractivity contribution in [3.05, 3.63) is 93.8 Å². The Kier molecular flexibility index (Phi) is 7.72. The fourth-order valence-corrected chi connectivity index (χ4v) is 4.29. The minimum atomic E-state index is -4.42. The second-order valence-electron chi connectivity index (χ2n) is 9.84. The van der Waals surface area contributed by atoms with Crippen LogP contribution in [0.1, 0.15) is 64.1 Å². The average molecular weight is 550 g/mol. The third kappa shape index (κ3) is 6.58. The molecule has 0 saturated heterocycles. The topological polar surface area (TPSA) is 62.3 Å². The molecule has 1 amide bonds. The van der Waals surface area contributed by atoms with Crippen molar-refractivity contribution in [2.45, 2.75) is 58.2 Å². The van der Waals surface area contributed by atoms with Gasteiger partial charge in [-0.15, -0.1) is 0 Å². The van der Waals surface area contributed by atoms with Crippen molar-refractivity contribution in [2.24, 2.45) is 0 Å². The zero-order valence-electron chi connectivity index (χ0n) is 21.1. The number of Topliss-reactive ketones (excluding diaryl/α,β-unsaturated/α-hetero) is 1. The molecule has 2 aromatic carbocycles. The maximum Gasteiger partial charge on any atom is 0.416 e. The average Bonchev–Trinajstić information content (AvgIpc) is 3.29. The van der Waals surface area contributed by atoms with Gasteiger partial charge >= 0.3 is 6.18 Å². The fourth-order valence-electron chi connectivity index (χ4n) is 4.29. The van der Waals surface area contributed by atoms with E-state index < -0.39 is 41.2 Å². The van der Waals surface area contributed by atoms with Crippen molar-refractivity contribution >= 4 is 17.4 Å². The van der Waals surface area contributed by atoms with E-state index in [0.717, 1.165) is 43.3 Å². The molecule has 1 aromatic heterocycles. The number of aromatic nitrogens is 1. The Morgan fingerprint density at radius 2 is 1.62 bits per heavy atom. The summed E-state index contributed by atoms with van der Waals surface area (Å²) in [5, 5.41) is 2.35. The minimum Gasteiger partial charge on any atom is -0.363 e. The highest BCUT2D eigenvalue weighted by atomic mass is 19.4. The van der Waals surface area contributed by atoms with Crippen LogP contribution in [0.2, 0.25) is 0 Å². The van der Waals surface area contributed by atoms with Crippen molar-refractivity contribution in [2.75, 3.05) is 4.90 Å². The van der Waals surface area contributed by atoms with Gasteiger partial charge in [-0.2, -0.15) is 13.2 Å². The molecule has 0 bridgehead atoms. The van der Waals surface area contributed by atoms with Gasteiger partial charge in [-0.1, -0.05) is 18.2 Å². The van der Waals surface area contributed by atoms with Gasteiger partial charge in [0.1, 0.15) is 5.69 Å². The highest BCUT2D eigenvalue weighted by Crippen LogP contribution is 2.33. The number of nitrogens with zero attached hydrogens (tertiary/aromatic N) is 2. The van der Waals surface area contributed by atoms with Crippen LogP contribution in [0.5, 0.6) is 0 Å². The molecule has 206 valence electrons. The van der Waals surface area contributed by atoms with Crippen LogP contribution in [0, 0.1) is 0 Å². The Balaban J connectivity index is 1.48. The van der Waals surface area contributed by atoms with E-state index in [-0.39, 0.29) is 24.1 Å². The van der Waals surface area contributed by atoms with E-state index >= 15 is 0 Å². The zero-order chi connectivity index (χ0) is 28.5. The molecule has 0 atom stereocenters. The molecule has 0 saturated carbocycles. The molecule has 3 aromatic rings. The first-order chi connectivity index (χ1) is 18.2.